The van der Waals surface area contributed by atoms with Crippen molar-refractivity contribution in [2.24, 2.45) is 0 Å². The van der Waals surface area contributed by atoms with Gasteiger partial charge in [-0.2, -0.15) is 4.68 Å². The van der Waals surface area contributed by atoms with Gasteiger partial charge in [-0.25, -0.2) is 4.39 Å². The zero-order valence-electron chi connectivity index (χ0n) is 10.5. The van der Waals surface area contributed by atoms with Crippen molar-refractivity contribution in [1.29, 1.82) is 0 Å². The second-order valence-electron chi connectivity index (χ2n) is 4.23. The van der Waals surface area contributed by atoms with Gasteiger partial charge in [-0.3, -0.25) is 0 Å². The lowest BCUT2D eigenvalue weighted by Gasteiger charge is -2.08. The summed E-state index contributed by atoms with van der Waals surface area (Å²) in [4.78, 5) is 0. The van der Waals surface area contributed by atoms with Crippen molar-refractivity contribution in [3.63, 3.8) is 0 Å². The fourth-order valence-electron chi connectivity index (χ4n) is 1.91. The number of nitrogens with zero attached hydrogens (tertiary/aromatic N) is 4. The van der Waals surface area contributed by atoms with E-state index in [0.717, 1.165) is 0 Å². The summed E-state index contributed by atoms with van der Waals surface area (Å²) in [6.07, 6.45) is 0. The number of tetrazole rings is 1. The van der Waals surface area contributed by atoms with Crippen LogP contribution in [0.1, 0.15) is 0 Å². The van der Waals surface area contributed by atoms with Crippen LogP contribution in [0.15, 0.2) is 36.4 Å². The second kappa shape index (κ2) is 5.31. The van der Waals surface area contributed by atoms with E-state index in [1.807, 2.05) is 0 Å². The SMILES string of the molecule is Nc1cc(Cl)c(Cl)c(-c2nnnn2-c2ccccc2F)c1. The Bertz CT molecular complexity index is 818. The smallest absolute Gasteiger partial charge is 0.188 e. The molecule has 8 heteroatoms. The van der Waals surface area contributed by atoms with Crippen molar-refractivity contribution in [2.45, 2.75) is 0 Å². The Morgan fingerprint density at radius 1 is 1.14 bits per heavy atom. The first-order valence-electron chi connectivity index (χ1n) is 5.86. The molecule has 1 aromatic heterocycles. The highest BCUT2D eigenvalue weighted by Crippen LogP contribution is 2.35. The number of nitrogens with two attached hydrogens (primary N) is 1. The first-order chi connectivity index (χ1) is 10.1. The summed E-state index contributed by atoms with van der Waals surface area (Å²) in [5, 5.41) is 11.8. The molecule has 106 valence electrons. The third-order valence-corrected chi connectivity index (χ3v) is 3.64. The monoisotopic (exact) mass is 323 g/mol. The normalized spacial score (nSPS) is 10.8. The number of halogens is 3. The quantitative estimate of drug-likeness (QED) is 0.734. The number of anilines is 1. The van der Waals surface area contributed by atoms with Crippen molar-refractivity contribution in [2.75, 3.05) is 5.73 Å². The molecule has 5 nitrogen and oxygen atoms in total. The van der Waals surface area contributed by atoms with Gasteiger partial charge in [0.15, 0.2) is 5.82 Å². The van der Waals surface area contributed by atoms with Gasteiger partial charge in [-0.05, 0) is 34.7 Å². The van der Waals surface area contributed by atoms with Crippen LogP contribution in [0.25, 0.3) is 17.1 Å². The summed E-state index contributed by atoms with van der Waals surface area (Å²) in [6, 6.07) is 9.22. The Kier molecular flexibility index (Phi) is 3.48. The maximum absolute atomic E-state index is 13.9. The summed E-state index contributed by atoms with van der Waals surface area (Å²) in [6.45, 7) is 0. The highest BCUT2D eigenvalue weighted by Gasteiger charge is 2.18. The number of benzene rings is 2. The van der Waals surface area contributed by atoms with E-state index in [1.165, 1.54) is 16.8 Å². The molecular formula is C13H8Cl2FN5. The first-order valence-corrected chi connectivity index (χ1v) is 6.61. The number of nitrogen functional groups attached to an aromatic ring is 1. The molecule has 0 saturated carbocycles. The first kappa shape index (κ1) is 13.8. The Hall–Kier alpha value is -2.18. The van der Waals surface area contributed by atoms with E-state index in [1.54, 1.807) is 24.3 Å². The number of rotatable bonds is 2. The molecule has 0 atom stereocenters. The molecule has 2 aromatic carbocycles. The van der Waals surface area contributed by atoms with Crippen molar-refractivity contribution < 1.29 is 4.39 Å². The Morgan fingerprint density at radius 2 is 1.90 bits per heavy atom. The van der Waals surface area contributed by atoms with Crippen molar-refractivity contribution in [3.05, 3.63) is 52.3 Å². The molecule has 0 aliphatic rings. The maximum Gasteiger partial charge on any atom is 0.188 e. The lowest BCUT2D eigenvalue weighted by Crippen LogP contribution is -2.03. The van der Waals surface area contributed by atoms with Gasteiger partial charge in [0.25, 0.3) is 0 Å². The van der Waals surface area contributed by atoms with Crippen LogP contribution in [-0.4, -0.2) is 20.2 Å². The number of hydrogen-bond acceptors (Lipinski definition) is 4. The molecule has 0 spiro atoms. The zero-order chi connectivity index (χ0) is 15.0. The van der Waals surface area contributed by atoms with E-state index in [-0.39, 0.29) is 21.6 Å². The van der Waals surface area contributed by atoms with Crippen LogP contribution < -0.4 is 5.73 Å². The average molecular weight is 324 g/mol. The molecule has 0 fully saturated rings. The molecule has 0 aliphatic carbocycles. The minimum Gasteiger partial charge on any atom is -0.399 e. The predicted molar refractivity (Wildman–Crippen MR) is 79.0 cm³/mol. The van der Waals surface area contributed by atoms with Crippen molar-refractivity contribution >= 4 is 28.9 Å². The summed E-state index contributed by atoms with van der Waals surface area (Å²) >= 11 is 12.2. The number of para-hydroxylation sites is 1. The van der Waals surface area contributed by atoms with E-state index in [0.29, 0.717) is 11.3 Å². The lowest BCUT2D eigenvalue weighted by atomic mass is 10.2. The molecule has 3 rings (SSSR count). The van der Waals surface area contributed by atoms with Crippen molar-refractivity contribution in [3.8, 4) is 17.1 Å². The molecule has 3 aromatic rings. The zero-order valence-corrected chi connectivity index (χ0v) is 12.0. The van der Waals surface area contributed by atoms with Crippen LogP contribution in [0.4, 0.5) is 10.1 Å². The van der Waals surface area contributed by atoms with Gasteiger partial charge >= 0.3 is 0 Å². The summed E-state index contributed by atoms with van der Waals surface area (Å²) < 4.78 is 15.1. The Labute approximate surface area is 129 Å². The standard InChI is InChI=1S/C13H8Cl2FN5/c14-9-6-7(17)5-8(12(9)15)13-18-19-20-21(13)11-4-2-1-3-10(11)16/h1-6H,17H2. The number of aromatic nitrogens is 4. The molecule has 0 radical (unpaired) electrons. The maximum atomic E-state index is 13.9. The summed E-state index contributed by atoms with van der Waals surface area (Å²) in [5.74, 6) is -0.212. The van der Waals surface area contributed by atoms with E-state index in [9.17, 15) is 4.39 Å². The molecule has 0 aliphatic heterocycles. The molecule has 0 amide bonds. The van der Waals surface area contributed by atoms with Gasteiger partial charge in [0.05, 0.1) is 10.0 Å². The molecule has 0 unspecified atom stereocenters. The van der Waals surface area contributed by atoms with Crippen LogP contribution >= 0.6 is 23.2 Å². The molecule has 2 N–H and O–H groups in total. The molecule has 21 heavy (non-hydrogen) atoms. The average Bonchev–Trinajstić information content (AvgIpc) is 2.92. The fraction of sp³-hybridized carbons (Fsp3) is 0. The summed E-state index contributed by atoms with van der Waals surface area (Å²) in [5.41, 5.74) is 6.79. The highest BCUT2D eigenvalue weighted by atomic mass is 35.5. The van der Waals surface area contributed by atoms with Crippen LogP contribution in [0.5, 0.6) is 0 Å². The fourth-order valence-corrected chi connectivity index (χ4v) is 2.33. The van der Waals surface area contributed by atoms with Gasteiger partial charge < -0.3 is 5.73 Å². The van der Waals surface area contributed by atoms with Crippen LogP contribution in [-0.2, 0) is 0 Å². The number of hydrogen-bond donors (Lipinski definition) is 1. The highest BCUT2D eigenvalue weighted by molar-refractivity contribution is 6.43. The molecular weight excluding hydrogens is 316 g/mol. The predicted octanol–water partition coefficient (Wildman–Crippen LogP) is 3.36. The molecule has 1 heterocycles. The molecule has 0 bridgehead atoms. The van der Waals surface area contributed by atoms with Crippen LogP contribution in [0, 0.1) is 5.82 Å². The Balaban J connectivity index is 2.23. The van der Waals surface area contributed by atoms with Gasteiger partial charge in [0.1, 0.15) is 11.5 Å². The third-order valence-electron chi connectivity index (χ3n) is 2.84. The topological polar surface area (TPSA) is 69.6 Å². The van der Waals surface area contributed by atoms with E-state index < -0.39 is 5.82 Å². The van der Waals surface area contributed by atoms with Gasteiger partial charge in [-0.1, -0.05) is 35.3 Å². The minimum atomic E-state index is -0.461. The third kappa shape index (κ3) is 2.43. The summed E-state index contributed by atoms with van der Waals surface area (Å²) in [7, 11) is 0. The minimum absolute atomic E-state index is 0.201. The van der Waals surface area contributed by atoms with Crippen LogP contribution in [0.3, 0.4) is 0 Å². The Morgan fingerprint density at radius 3 is 2.67 bits per heavy atom. The van der Waals surface area contributed by atoms with Gasteiger partial charge in [0.2, 0.25) is 0 Å². The lowest BCUT2D eigenvalue weighted by molar-refractivity contribution is 0.608. The van der Waals surface area contributed by atoms with Crippen molar-refractivity contribution in [1.82, 2.24) is 20.2 Å². The van der Waals surface area contributed by atoms with E-state index in [2.05, 4.69) is 15.5 Å². The van der Waals surface area contributed by atoms with E-state index >= 15 is 0 Å². The van der Waals surface area contributed by atoms with Gasteiger partial charge in [-0.15, -0.1) is 5.10 Å². The molecule has 0 saturated heterocycles. The van der Waals surface area contributed by atoms with Gasteiger partial charge in [0, 0.05) is 11.3 Å². The van der Waals surface area contributed by atoms with E-state index in [4.69, 9.17) is 28.9 Å². The van der Waals surface area contributed by atoms with Crippen LogP contribution in [0.2, 0.25) is 10.0 Å². The largest absolute Gasteiger partial charge is 0.399 e. The second-order valence-corrected chi connectivity index (χ2v) is 5.02.